The number of carbonyl (C=O) groups is 2. The molecule has 3 rings (SSSR count). The molecular formula is C22H29F3N4O3. The highest BCUT2D eigenvalue weighted by Gasteiger charge is 2.38. The van der Waals surface area contributed by atoms with Crippen molar-refractivity contribution >= 4 is 11.9 Å². The number of carboxylic acids is 1. The second-order valence-corrected chi connectivity index (χ2v) is 8.15. The number of nitrogens with zero attached hydrogens (tertiary/aromatic N) is 3. The molecule has 1 aromatic carbocycles. The summed E-state index contributed by atoms with van der Waals surface area (Å²) in [5.74, 6) is -2.69. The normalized spacial score (nSPS) is 16.3. The summed E-state index contributed by atoms with van der Waals surface area (Å²) in [6, 6.07) is 10.5. The van der Waals surface area contributed by atoms with Crippen LogP contribution in [0, 0.1) is 0 Å². The molecule has 176 valence electrons. The molecule has 10 heteroatoms. The van der Waals surface area contributed by atoms with Gasteiger partial charge in [0, 0.05) is 31.6 Å². The molecule has 2 heterocycles. The maximum absolute atomic E-state index is 13.1. The van der Waals surface area contributed by atoms with Crippen molar-refractivity contribution in [3.05, 3.63) is 53.6 Å². The van der Waals surface area contributed by atoms with Gasteiger partial charge in [0.25, 0.3) is 0 Å². The third-order valence-corrected chi connectivity index (χ3v) is 4.88. The molecule has 2 N–H and O–H groups in total. The summed E-state index contributed by atoms with van der Waals surface area (Å²) in [6.45, 7) is 9.88. The first-order valence-corrected chi connectivity index (χ1v) is 10.4. The Bertz CT molecular complexity index is 911. The molecule has 1 unspecified atom stereocenters. The van der Waals surface area contributed by atoms with E-state index in [1.54, 1.807) is 0 Å². The molecule has 32 heavy (non-hydrogen) atoms. The number of halogens is 3. The molecule has 1 aliphatic heterocycles. The van der Waals surface area contributed by atoms with Crippen molar-refractivity contribution in [2.45, 2.75) is 65.0 Å². The van der Waals surface area contributed by atoms with E-state index >= 15 is 0 Å². The van der Waals surface area contributed by atoms with E-state index in [9.17, 15) is 18.0 Å². The first kappa shape index (κ1) is 25.4. The molecule has 0 saturated heterocycles. The summed E-state index contributed by atoms with van der Waals surface area (Å²) < 4.78 is 33.9. The SMILES string of the molecule is CC(C)NC(=O)C1c2c(ncn2C(C)C)CCN1Cc1ccccc1.O=C(O)C(F)(F)F. The highest BCUT2D eigenvalue weighted by Crippen LogP contribution is 2.32. The van der Waals surface area contributed by atoms with Gasteiger partial charge in [-0.2, -0.15) is 13.2 Å². The number of alkyl halides is 3. The van der Waals surface area contributed by atoms with Gasteiger partial charge in [-0.1, -0.05) is 30.3 Å². The molecule has 0 aliphatic carbocycles. The van der Waals surface area contributed by atoms with E-state index in [1.165, 1.54) is 5.56 Å². The molecule has 7 nitrogen and oxygen atoms in total. The molecule has 1 atom stereocenters. The first-order chi connectivity index (χ1) is 14.9. The lowest BCUT2D eigenvalue weighted by Gasteiger charge is -2.36. The summed E-state index contributed by atoms with van der Waals surface area (Å²) in [5.41, 5.74) is 3.33. The summed E-state index contributed by atoms with van der Waals surface area (Å²) in [6.07, 6.45) is -2.32. The molecule has 0 saturated carbocycles. The van der Waals surface area contributed by atoms with E-state index in [4.69, 9.17) is 9.90 Å². The average molecular weight is 454 g/mol. The van der Waals surface area contributed by atoms with Crippen LogP contribution in [0.5, 0.6) is 0 Å². The van der Waals surface area contributed by atoms with Crippen molar-refractivity contribution in [2.75, 3.05) is 6.54 Å². The molecule has 2 aromatic rings. The van der Waals surface area contributed by atoms with Crippen molar-refractivity contribution in [3.63, 3.8) is 0 Å². The van der Waals surface area contributed by atoms with E-state index < -0.39 is 12.1 Å². The maximum Gasteiger partial charge on any atom is 0.490 e. The summed E-state index contributed by atoms with van der Waals surface area (Å²) in [4.78, 5) is 28.8. The number of nitrogens with one attached hydrogen (secondary N) is 1. The Morgan fingerprint density at radius 1 is 1.19 bits per heavy atom. The predicted octanol–water partition coefficient (Wildman–Crippen LogP) is 3.72. The zero-order valence-electron chi connectivity index (χ0n) is 18.6. The van der Waals surface area contributed by atoms with Gasteiger partial charge < -0.3 is 15.0 Å². The number of amides is 1. The van der Waals surface area contributed by atoms with Crippen LogP contribution in [0.15, 0.2) is 36.7 Å². The third-order valence-electron chi connectivity index (χ3n) is 4.88. The van der Waals surface area contributed by atoms with Crippen molar-refractivity contribution in [1.82, 2.24) is 19.8 Å². The fraction of sp³-hybridized carbons (Fsp3) is 0.500. The quantitative estimate of drug-likeness (QED) is 0.719. The minimum absolute atomic E-state index is 0.0641. The first-order valence-electron chi connectivity index (χ1n) is 10.4. The number of benzene rings is 1. The van der Waals surface area contributed by atoms with E-state index in [2.05, 4.69) is 45.7 Å². The molecule has 0 fully saturated rings. The van der Waals surface area contributed by atoms with Gasteiger partial charge in [0.05, 0.1) is 17.7 Å². The molecule has 0 radical (unpaired) electrons. The van der Waals surface area contributed by atoms with Crippen LogP contribution >= 0.6 is 0 Å². The van der Waals surface area contributed by atoms with Gasteiger partial charge in [-0.05, 0) is 33.3 Å². The monoisotopic (exact) mass is 454 g/mol. The van der Waals surface area contributed by atoms with Gasteiger partial charge in [-0.15, -0.1) is 0 Å². The van der Waals surface area contributed by atoms with Crippen LogP contribution < -0.4 is 5.32 Å². The third kappa shape index (κ3) is 6.56. The summed E-state index contributed by atoms with van der Waals surface area (Å²) in [7, 11) is 0. The van der Waals surface area contributed by atoms with Crippen molar-refractivity contribution in [1.29, 1.82) is 0 Å². The topological polar surface area (TPSA) is 87.5 Å². The Morgan fingerprint density at radius 2 is 1.78 bits per heavy atom. The van der Waals surface area contributed by atoms with Gasteiger partial charge >= 0.3 is 12.1 Å². The molecule has 1 aliphatic rings. The highest BCUT2D eigenvalue weighted by atomic mass is 19.4. The zero-order valence-corrected chi connectivity index (χ0v) is 18.6. The lowest BCUT2D eigenvalue weighted by atomic mass is 9.99. The second kappa shape index (κ2) is 10.6. The van der Waals surface area contributed by atoms with Crippen LogP contribution in [0.25, 0.3) is 0 Å². The number of carboxylic acid groups (broad SMARTS) is 1. The van der Waals surface area contributed by atoms with Crippen LogP contribution in [0.3, 0.4) is 0 Å². The van der Waals surface area contributed by atoms with E-state index in [1.807, 2.05) is 38.4 Å². The largest absolute Gasteiger partial charge is 0.490 e. The van der Waals surface area contributed by atoms with E-state index in [0.717, 1.165) is 30.9 Å². The number of aliphatic carboxylic acids is 1. The molecule has 0 spiro atoms. The number of hydrogen-bond acceptors (Lipinski definition) is 4. The Kier molecular flexibility index (Phi) is 8.43. The predicted molar refractivity (Wildman–Crippen MR) is 113 cm³/mol. The Morgan fingerprint density at radius 3 is 2.28 bits per heavy atom. The lowest BCUT2D eigenvalue weighted by Crippen LogP contribution is -2.46. The van der Waals surface area contributed by atoms with Crippen molar-refractivity contribution in [3.8, 4) is 0 Å². The lowest BCUT2D eigenvalue weighted by molar-refractivity contribution is -0.192. The standard InChI is InChI=1S/C20H28N4O.C2HF3O2/c1-14(2)22-20(25)19-18-17(21-13-24(18)15(3)4)10-11-23(19)12-16-8-6-5-7-9-16;3-2(4,5)1(6)7/h5-9,13-15,19H,10-12H2,1-4H3,(H,22,25);(H,6,7). The van der Waals surface area contributed by atoms with Crippen LogP contribution in [0.2, 0.25) is 0 Å². The average Bonchev–Trinajstić information content (AvgIpc) is 3.12. The van der Waals surface area contributed by atoms with Gasteiger partial charge in [-0.3, -0.25) is 9.69 Å². The van der Waals surface area contributed by atoms with Crippen molar-refractivity contribution < 1.29 is 27.9 Å². The maximum atomic E-state index is 13.1. The minimum atomic E-state index is -5.08. The van der Waals surface area contributed by atoms with Crippen molar-refractivity contribution in [2.24, 2.45) is 0 Å². The van der Waals surface area contributed by atoms with E-state index in [-0.39, 0.29) is 24.0 Å². The van der Waals surface area contributed by atoms with Gasteiger partial charge in [-0.25, -0.2) is 9.78 Å². The summed E-state index contributed by atoms with van der Waals surface area (Å²) in [5, 5.41) is 10.2. The van der Waals surface area contributed by atoms with Gasteiger partial charge in [0.15, 0.2) is 0 Å². The number of carbonyl (C=O) groups excluding carboxylic acids is 1. The molecule has 1 aromatic heterocycles. The Balaban J connectivity index is 0.000000451. The van der Waals surface area contributed by atoms with Crippen LogP contribution in [-0.4, -0.2) is 50.2 Å². The number of aromatic nitrogens is 2. The number of hydrogen-bond donors (Lipinski definition) is 2. The van der Waals surface area contributed by atoms with Crippen LogP contribution in [0.1, 0.15) is 56.7 Å². The van der Waals surface area contributed by atoms with Crippen LogP contribution in [0.4, 0.5) is 13.2 Å². The van der Waals surface area contributed by atoms with Crippen LogP contribution in [-0.2, 0) is 22.6 Å². The van der Waals surface area contributed by atoms with E-state index in [0.29, 0.717) is 0 Å². The summed E-state index contributed by atoms with van der Waals surface area (Å²) >= 11 is 0. The smallest absolute Gasteiger partial charge is 0.475 e. The minimum Gasteiger partial charge on any atom is -0.475 e. The zero-order chi connectivity index (χ0) is 24.1. The molecule has 1 amide bonds. The fourth-order valence-electron chi connectivity index (χ4n) is 3.51. The number of rotatable bonds is 5. The number of fused-ring (bicyclic) bond motifs is 1. The molecular weight excluding hydrogens is 425 g/mol. The highest BCUT2D eigenvalue weighted by molar-refractivity contribution is 5.83. The Hall–Kier alpha value is -2.88. The Labute approximate surface area is 185 Å². The van der Waals surface area contributed by atoms with Gasteiger partial charge in [0.2, 0.25) is 5.91 Å². The van der Waals surface area contributed by atoms with Gasteiger partial charge in [0.1, 0.15) is 6.04 Å². The fourth-order valence-corrected chi connectivity index (χ4v) is 3.51. The number of imidazole rings is 1. The molecule has 0 bridgehead atoms. The second-order valence-electron chi connectivity index (χ2n) is 8.15.